The Labute approximate surface area is 190 Å². The summed E-state index contributed by atoms with van der Waals surface area (Å²) in [6, 6.07) is 18.0. The molecule has 7 heteroatoms. The van der Waals surface area contributed by atoms with Crippen molar-refractivity contribution in [1.82, 2.24) is 24.4 Å². The summed E-state index contributed by atoms with van der Waals surface area (Å²) in [6.07, 6.45) is 4.24. The van der Waals surface area contributed by atoms with Crippen LogP contribution in [0.3, 0.4) is 0 Å². The van der Waals surface area contributed by atoms with E-state index in [0.717, 1.165) is 28.1 Å². The van der Waals surface area contributed by atoms with Gasteiger partial charge in [-0.1, -0.05) is 23.4 Å². The van der Waals surface area contributed by atoms with Crippen molar-refractivity contribution in [2.75, 3.05) is 0 Å². The van der Waals surface area contributed by atoms with Gasteiger partial charge in [-0.2, -0.15) is 5.10 Å². The second kappa shape index (κ2) is 7.48. The normalized spacial score (nSPS) is 13.1. The molecule has 1 amide bonds. The van der Waals surface area contributed by atoms with Gasteiger partial charge in [-0.25, -0.2) is 4.68 Å². The Balaban J connectivity index is 1.33. The van der Waals surface area contributed by atoms with E-state index in [-0.39, 0.29) is 12.3 Å². The highest BCUT2D eigenvalue weighted by molar-refractivity contribution is 5.86. The monoisotopic (exact) mass is 437 g/mol. The first-order chi connectivity index (χ1) is 16.1. The van der Waals surface area contributed by atoms with Crippen LogP contribution in [0.25, 0.3) is 22.5 Å². The van der Waals surface area contributed by atoms with E-state index in [1.54, 1.807) is 0 Å². The summed E-state index contributed by atoms with van der Waals surface area (Å²) in [5.74, 6) is 0.990. The van der Waals surface area contributed by atoms with Gasteiger partial charge in [0.25, 0.3) is 0 Å². The third-order valence-corrected chi connectivity index (χ3v) is 6.44. The summed E-state index contributed by atoms with van der Waals surface area (Å²) >= 11 is 0. The topological polar surface area (TPSA) is 69.1 Å². The first-order valence-corrected chi connectivity index (χ1v) is 11.0. The van der Waals surface area contributed by atoms with Crippen LogP contribution < -0.4 is 0 Å². The molecule has 0 fully saturated rings. The first-order valence-electron chi connectivity index (χ1n) is 11.0. The number of benzene rings is 2. The molecule has 2 aromatic carbocycles. The summed E-state index contributed by atoms with van der Waals surface area (Å²) in [5.41, 5.74) is 6.85. The maximum Gasteiger partial charge on any atom is 0.229 e. The molecule has 164 valence electrons. The van der Waals surface area contributed by atoms with Gasteiger partial charge >= 0.3 is 0 Å². The predicted molar refractivity (Wildman–Crippen MR) is 124 cm³/mol. The number of carbonyl (C=O) groups excluding carboxylic acids is 1. The summed E-state index contributed by atoms with van der Waals surface area (Å²) < 4.78 is 9.43. The summed E-state index contributed by atoms with van der Waals surface area (Å²) in [7, 11) is 0. The van der Waals surface area contributed by atoms with Crippen molar-refractivity contribution in [3.8, 4) is 11.5 Å². The van der Waals surface area contributed by atoms with Crippen LogP contribution in [0, 0.1) is 13.8 Å². The van der Waals surface area contributed by atoms with E-state index in [1.165, 1.54) is 11.1 Å². The molecule has 4 heterocycles. The van der Waals surface area contributed by atoms with Crippen LogP contribution in [-0.2, 0) is 24.3 Å². The fourth-order valence-corrected chi connectivity index (χ4v) is 4.48. The average Bonchev–Trinajstić information content (AvgIpc) is 3.59. The molecule has 0 unspecified atom stereocenters. The van der Waals surface area contributed by atoms with Gasteiger partial charge in [-0.15, -0.1) is 0 Å². The minimum absolute atomic E-state index is 0.0169. The number of amides is 1. The van der Waals surface area contributed by atoms with Gasteiger partial charge in [0.15, 0.2) is 5.58 Å². The Hall–Kier alpha value is -4.13. The molecule has 0 atom stereocenters. The molecule has 33 heavy (non-hydrogen) atoms. The number of aromatic nitrogens is 4. The summed E-state index contributed by atoms with van der Waals surface area (Å²) in [5, 5.41) is 9.94. The number of rotatable bonds is 4. The second-order valence-electron chi connectivity index (χ2n) is 8.57. The second-order valence-corrected chi connectivity index (χ2v) is 8.57. The van der Waals surface area contributed by atoms with E-state index < -0.39 is 0 Å². The van der Waals surface area contributed by atoms with Crippen molar-refractivity contribution in [3.63, 3.8) is 0 Å². The van der Waals surface area contributed by atoms with Crippen LogP contribution in [-0.4, -0.2) is 30.3 Å². The Morgan fingerprint density at radius 3 is 2.64 bits per heavy atom. The van der Waals surface area contributed by atoms with Gasteiger partial charge in [-0.3, -0.25) is 4.79 Å². The van der Waals surface area contributed by atoms with Crippen LogP contribution in [0.15, 0.2) is 71.5 Å². The average molecular weight is 438 g/mol. The molecule has 0 spiro atoms. The van der Waals surface area contributed by atoms with Gasteiger partial charge in [-0.05, 0) is 61.4 Å². The zero-order valence-corrected chi connectivity index (χ0v) is 18.5. The quantitative estimate of drug-likeness (QED) is 0.415. The van der Waals surface area contributed by atoms with Gasteiger partial charge in [0.2, 0.25) is 5.91 Å². The van der Waals surface area contributed by atoms with E-state index in [2.05, 4.69) is 41.8 Å². The van der Waals surface area contributed by atoms with E-state index in [1.807, 2.05) is 58.4 Å². The molecule has 5 aromatic rings. The van der Waals surface area contributed by atoms with Gasteiger partial charge in [0, 0.05) is 23.3 Å². The van der Waals surface area contributed by atoms with Crippen LogP contribution in [0.4, 0.5) is 0 Å². The van der Waals surface area contributed by atoms with Gasteiger partial charge < -0.3 is 14.0 Å². The molecule has 0 N–H and O–H groups in total. The van der Waals surface area contributed by atoms with Crippen LogP contribution >= 0.6 is 0 Å². The number of para-hydroxylation sites is 1. The zero-order valence-electron chi connectivity index (χ0n) is 18.5. The minimum atomic E-state index is 0.0169. The Bertz CT molecular complexity index is 1490. The van der Waals surface area contributed by atoms with Crippen molar-refractivity contribution >= 4 is 16.9 Å². The van der Waals surface area contributed by atoms with Crippen molar-refractivity contribution in [2.24, 2.45) is 0 Å². The molecule has 1 aliphatic rings. The predicted octanol–water partition coefficient (Wildman–Crippen LogP) is 4.51. The highest BCUT2D eigenvalue weighted by Crippen LogP contribution is 2.31. The lowest BCUT2D eigenvalue weighted by Gasteiger charge is -2.17. The standard InChI is InChI=1S/C26H23N5O2/c1-17-9-10-19(13-18(17)2)31-26(29-11-5-6-12-29)21-15-30(16-23(21)27-31)25(32)14-22-20-7-3-4-8-24(20)33-28-22/h3-13H,14-16H2,1-2H3. The SMILES string of the molecule is Cc1ccc(-n2nc3c(c2-n2cccc2)CN(C(=O)Cc2noc4ccccc24)C3)cc1C. The molecular formula is C26H23N5O2. The largest absolute Gasteiger partial charge is 0.356 e. The van der Waals surface area contributed by atoms with Crippen molar-refractivity contribution in [3.05, 3.63) is 95.1 Å². The third kappa shape index (κ3) is 3.24. The fourth-order valence-electron chi connectivity index (χ4n) is 4.48. The zero-order chi connectivity index (χ0) is 22.5. The number of hydrogen-bond acceptors (Lipinski definition) is 4. The number of aryl methyl sites for hydroxylation is 2. The number of hydrogen-bond donors (Lipinski definition) is 0. The Morgan fingerprint density at radius 2 is 1.82 bits per heavy atom. The molecule has 7 nitrogen and oxygen atoms in total. The molecule has 1 aliphatic heterocycles. The summed E-state index contributed by atoms with van der Waals surface area (Å²) in [6.45, 7) is 5.22. The van der Waals surface area contributed by atoms with E-state index in [4.69, 9.17) is 9.62 Å². The van der Waals surface area contributed by atoms with Gasteiger partial charge in [0.05, 0.1) is 30.9 Å². The lowest BCUT2D eigenvalue weighted by atomic mass is 10.1. The Morgan fingerprint density at radius 1 is 1.00 bits per heavy atom. The lowest BCUT2D eigenvalue weighted by Crippen LogP contribution is -2.28. The minimum Gasteiger partial charge on any atom is -0.356 e. The van der Waals surface area contributed by atoms with Crippen LogP contribution in [0.2, 0.25) is 0 Å². The third-order valence-electron chi connectivity index (χ3n) is 6.44. The fraction of sp³-hybridized carbons (Fsp3) is 0.192. The molecule has 0 radical (unpaired) electrons. The van der Waals surface area contributed by atoms with Crippen molar-refractivity contribution in [1.29, 1.82) is 0 Å². The van der Waals surface area contributed by atoms with E-state index in [9.17, 15) is 4.79 Å². The molecule has 3 aromatic heterocycles. The Kier molecular flexibility index (Phi) is 4.43. The van der Waals surface area contributed by atoms with Crippen LogP contribution in [0.1, 0.15) is 28.1 Å². The molecule has 0 bridgehead atoms. The number of nitrogens with zero attached hydrogens (tertiary/aromatic N) is 5. The van der Waals surface area contributed by atoms with Crippen molar-refractivity contribution in [2.45, 2.75) is 33.4 Å². The van der Waals surface area contributed by atoms with Gasteiger partial charge in [0.1, 0.15) is 11.5 Å². The maximum absolute atomic E-state index is 13.2. The highest BCUT2D eigenvalue weighted by Gasteiger charge is 2.32. The highest BCUT2D eigenvalue weighted by atomic mass is 16.5. The molecule has 6 rings (SSSR count). The summed E-state index contributed by atoms with van der Waals surface area (Å²) in [4.78, 5) is 15.0. The van der Waals surface area contributed by atoms with E-state index in [0.29, 0.717) is 24.4 Å². The molecular weight excluding hydrogens is 414 g/mol. The molecule has 0 saturated carbocycles. The lowest BCUT2D eigenvalue weighted by molar-refractivity contribution is -0.131. The first kappa shape index (κ1) is 19.5. The number of carbonyl (C=O) groups is 1. The molecule has 0 aliphatic carbocycles. The molecule has 0 saturated heterocycles. The van der Waals surface area contributed by atoms with Crippen LogP contribution in [0.5, 0.6) is 0 Å². The van der Waals surface area contributed by atoms with Crippen molar-refractivity contribution < 1.29 is 9.32 Å². The smallest absolute Gasteiger partial charge is 0.229 e. The maximum atomic E-state index is 13.2. The number of fused-ring (bicyclic) bond motifs is 2. The van der Waals surface area contributed by atoms with E-state index >= 15 is 0 Å².